The molecule has 3 N–H and O–H groups in total. The summed E-state index contributed by atoms with van der Waals surface area (Å²) in [5.74, 6) is -0.354. The summed E-state index contributed by atoms with van der Waals surface area (Å²) in [5, 5.41) is 13.2. The first-order valence-corrected chi connectivity index (χ1v) is 10.3. The number of fused-ring (bicyclic) bond motifs is 1. The predicted octanol–water partition coefficient (Wildman–Crippen LogP) is 1.34. The molecule has 0 radical (unpaired) electrons. The molecular formula is C16H19N5O3S2. The third-order valence-corrected chi connectivity index (χ3v) is 5.92. The van der Waals surface area contributed by atoms with Crippen molar-refractivity contribution in [3.05, 3.63) is 45.7 Å². The molecular weight excluding hydrogens is 374 g/mol. The Balaban J connectivity index is 1.69. The van der Waals surface area contributed by atoms with Gasteiger partial charge in [-0.25, -0.2) is 23.1 Å². The maximum atomic E-state index is 12.4. The highest BCUT2D eigenvalue weighted by atomic mass is 32.2. The molecule has 2 aromatic heterocycles. The van der Waals surface area contributed by atoms with E-state index in [1.807, 2.05) is 13.1 Å². The molecule has 3 aromatic rings. The quantitative estimate of drug-likeness (QED) is 0.678. The van der Waals surface area contributed by atoms with Gasteiger partial charge in [-0.2, -0.15) is 5.10 Å². The summed E-state index contributed by atoms with van der Waals surface area (Å²) in [6, 6.07) is 2.96. The van der Waals surface area contributed by atoms with Crippen LogP contribution in [0.3, 0.4) is 0 Å². The van der Waals surface area contributed by atoms with Crippen molar-refractivity contribution >= 4 is 32.2 Å². The SMILES string of the molecule is Cc1nn2cc(CCNC(=O)c3cc(C)c(C)c(S(N)(=O)=O)c3)nc2s1. The number of carbonyl (C=O) groups is 1. The van der Waals surface area contributed by atoms with Gasteiger partial charge in [0.15, 0.2) is 0 Å². The van der Waals surface area contributed by atoms with Crippen molar-refractivity contribution in [3.63, 3.8) is 0 Å². The number of rotatable bonds is 5. The first kappa shape index (κ1) is 18.5. The van der Waals surface area contributed by atoms with E-state index in [-0.39, 0.29) is 16.4 Å². The van der Waals surface area contributed by atoms with Gasteiger partial charge in [-0.1, -0.05) is 11.3 Å². The van der Waals surface area contributed by atoms with E-state index in [1.54, 1.807) is 24.4 Å². The molecule has 0 bridgehead atoms. The fourth-order valence-corrected chi connectivity index (χ4v) is 4.25. The second-order valence-electron chi connectivity index (χ2n) is 6.05. The minimum Gasteiger partial charge on any atom is -0.352 e. The van der Waals surface area contributed by atoms with E-state index in [0.717, 1.165) is 15.7 Å². The number of aromatic nitrogens is 3. The number of nitrogens with zero attached hydrogens (tertiary/aromatic N) is 3. The molecule has 2 heterocycles. The minimum atomic E-state index is -3.89. The number of hydrogen-bond donors (Lipinski definition) is 2. The Hall–Kier alpha value is -2.30. The fourth-order valence-electron chi connectivity index (χ4n) is 2.63. The van der Waals surface area contributed by atoms with Gasteiger partial charge in [-0.15, -0.1) is 0 Å². The molecule has 0 fully saturated rings. The van der Waals surface area contributed by atoms with Crippen LogP contribution in [0.25, 0.3) is 4.96 Å². The maximum Gasteiger partial charge on any atom is 0.251 e. The Morgan fingerprint density at radius 3 is 2.69 bits per heavy atom. The largest absolute Gasteiger partial charge is 0.352 e. The van der Waals surface area contributed by atoms with E-state index < -0.39 is 10.0 Å². The van der Waals surface area contributed by atoms with Crippen LogP contribution in [0.15, 0.2) is 23.2 Å². The molecule has 0 saturated heterocycles. The third-order valence-electron chi connectivity index (χ3n) is 4.05. The van der Waals surface area contributed by atoms with Crippen LogP contribution in [0.2, 0.25) is 0 Å². The molecule has 1 aromatic carbocycles. The lowest BCUT2D eigenvalue weighted by atomic mass is 10.1. The number of hydrogen-bond acceptors (Lipinski definition) is 6. The summed E-state index contributed by atoms with van der Waals surface area (Å²) in [6.45, 7) is 5.70. The molecule has 0 aliphatic carbocycles. The first-order chi connectivity index (χ1) is 12.1. The number of primary sulfonamides is 1. The Morgan fingerprint density at radius 2 is 2.04 bits per heavy atom. The third kappa shape index (κ3) is 3.76. The van der Waals surface area contributed by atoms with Gasteiger partial charge in [-0.05, 0) is 44.0 Å². The molecule has 1 amide bonds. The van der Waals surface area contributed by atoms with Gasteiger partial charge in [0.2, 0.25) is 15.0 Å². The Labute approximate surface area is 155 Å². The van der Waals surface area contributed by atoms with E-state index >= 15 is 0 Å². The van der Waals surface area contributed by atoms with E-state index in [2.05, 4.69) is 15.4 Å². The summed E-state index contributed by atoms with van der Waals surface area (Å²) in [6.07, 6.45) is 2.38. The second-order valence-corrected chi connectivity index (χ2v) is 8.74. The molecule has 3 rings (SSSR count). The van der Waals surface area contributed by atoms with Crippen molar-refractivity contribution in [1.82, 2.24) is 19.9 Å². The van der Waals surface area contributed by atoms with E-state index in [1.165, 1.54) is 17.4 Å². The van der Waals surface area contributed by atoms with E-state index in [9.17, 15) is 13.2 Å². The van der Waals surface area contributed by atoms with E-state index in [4.69, 9.17) is 5.14 Å². The highest BCUT2D eigenvalue weighted by Crippen LogP contribution is 2.20. The lowest BCUT2D eigenvalue weighted by Crippen LogP contribution is -2.26. The molecule has 0 unspecified atom stereocenters. The van der Waals surface area contributed by atoms with Crippen molar-refractivity contribution in [2.45, 2.75) is 32.1 Å². The summed E-state index contributed by atoms with van der Waals surface area (Å²) in [5.41, 5.74) is 2.33. The van der Waals surface area contributed by atoms with Crippen LogP contribution in [0.1, 0.15) is 32.2 Å². The van der Waals surface area contributed by atoms with Gasteiger partial charge in [-0.3, -0.25) is 4.79 Å². The van der Waals surface area contributed by atoms with Crippen LogP contribution in [-0.4, -0.2) is 35.5 Å². The number of sulfonamides is 1. The van der Waals surface area contributed by atoms with Crippen molar-refractivity contribution in [1.29, 1.82) is 0 Å². The predicted molar refractivity (Wildman–Crippen MR) is 98.9 cm³/mol. The molecule has 0 spiro atoms. The first-order valence-electron chi connectivity index (χ1n) is 7.89. The fraction of sp³-hybridized carbons (Fsp3) is 0.312. The molecule has 8 nitrogen and oxygen atoms in total. The number of imidazole rings is 1. The summed E-state index contributed by atoms with van der Waals surface area (Å²) in [4.78, 5) is 17.6. The van der Waals surface area contributed by atoms with Gasteiger partial charge >= 0.3 is 0 Å². The maximum absolute atomic E-state index is 12.4. The summed E-state index contributed by atoms with van der Waals surface area (Å²) >= 11 is 1.50. The Morgan fingerprint density at radius 1 is 1.31 bits per heavy atom. The average molecular weight is 393 g/mol. The van der Waals surface area contributed by atoms with Gasteiger partial charge in [0.05, 0.1) is 16.8 Å². The molecule has 0 aliphatic heterocycles. The highest BCUT2D eigenvalue weighted by molar-refractivity contribution is 7.89. The standard InChI is InChI=1S/C16H19N5O3S2/c1-9-6-12(7-14(10(9)2)26(17,23)24)15(22)18-5-4-13-8-21-16(19-13)25-11(3)20-21/h6-8H,4-5H2,1-3H3,(H,18,22)(H2,17,23,24). The lowest BCUT2D eigenvalue weighted by Gasteiger charge is -2.11. The van der Waals surface area contributed by atoms with Gasteiger partial charge in [0.1, 0.15) is 5.01 Å². The summed E-state index contributed by atoms with van der Waals surface area (Å²) < 4.78 is 25.1. The average Bonchev–Trinajstić information content (AvgIpc) is 3.05. The molecule has 0 atom stereocenters. The molecule has 10 heteroatoms. The number of nitrogens with two attached hydrogens (primary N) is 1. The van der Waals surface area contributed by atoms with Gasteiger partial charge < -0.3 is 5.32 Å². The Kier molecular flexibility index (Phi) is 4.82. The zero-order valence-corrected chi connectivity index (χ0v) is 16.2. The van der Waals surface area contributed by atoms with Crippen molar-refractivity contribution < 1.29 is 13.2 Å². The van der Waals surface area contributed by atoms with Crippen LogP contribution < -0.4 is 10.5 Å². The monoisotopic (exact) mass is 393 g/mol. The van der Waals surface area contributed by atoms with Crippen LogP contribution in [0, 0.1) is 20.8 Å². The van der Waals surface area contributed by atoms with Crippen molar-refractivity contribution in [3.8, 4) is 0 Å². The molecule has 0 saturated carbocycles. The number of carbonyl (C=O) groups excluding carboxylic acids is 1. The Bertz CT molecular complexity index is 1070. The van der Waals surface area contributed by atoms with E-state index in [0.29, 0.717) is 24.1 Å². The number of aryl methyl sites for hydroxylation is 2. The lowest BCUT2D eigenvalue weighted by molar-refractivity contribution is 0.0953. The smallest absolute Gasteiger partial charge is 0.251 e. The molecule has 0 aliphatic rings. The van der Waals surface area contributed by atoms with Gasteiger partial charge in [0, 0.05) is 18.5 Å². The topological polar surface area (TPSA) is 119 Å². The van der Waals surface area contributed by atoms with Crippen LogP contribution >= 0.6 is 11.3 Å². The highest BCUT2D eigenvalue weighted by Gasteiger charge is 2.17. The minimum absolute atomic E-state index is 0.0292. The number of nitrogens with one attached hydrogen (secondary N) is 1. The summed E-state index contributed by atoms with van der Waals surface area (Å²) in [7, 11) is -3.89. The number of amides is 1. The second kappa shape index (κ2) is 6.78. The zero-order valence-electron chi connectivity index (χ0n) is 14.6. The molecule has 26 heavy (non-hydrogen) atoms. The van der Waals surface area contributed by atoms with Gasteiger partial charge in [0.25, 0.3) is 5.91 Å². The normalized spacial score (nSPS) is 11.8. The number of benzene rings is 1. The van der Waals surface area contributed by atoms with Crippen LogP contribution in [0.5, 0.6) is 0 Å². The van der Waals surface area contributed by atoms with Crippen molar-refractivity contribution in [2.24, 2.45) is 5.14 Å². The van der Waals surface area contributed by atoms with Crippen molar-refractivity contribution in [2.75, 3.05) is 6.54 Å². The van der Waals surface area contributed by atoms with Crippen LogP contribution in [0.4, 0.5) is 0 Å². The zero-order chi connectivity index (χ0) is 19.1. The molecule has 138 valence electrons. The van der Waals surface area contributed by atoms with Crippen LogP contribution in [-0.2, 0) is 16.4 Å².